The molecule has 0 saturated carbocycles. The average Bonchev–Trinajstić information content (AvgIpc) is 1.73. The molecular weight excluding hydrogens is 115 g/mol. The van der Waals surface area contributed by atoms with Gasteiger partial charge in [0.15, 0.2) is 0 Å². The second-order valence-electron chi connectivity index (χ2n) is 0.508. The molecule has 0 unspecified atom stereocenters. The van der Waals surface area contributed by atoms with Crippen LogP contribution < -0.4 is 0 Å². The molecule has 3 nitrogen and oxygen atoms in total. The number of carbonyl (C=O) groups excluding carboxylic acids is 1. The van der Waals surface area contributed by atoms with Crippen LogP contribution in [0.15, 0.2) is 12.7 Å². The molecule has 0 aromatic heterocycles. The number of hydrogen-bond donors (Lipinski definition) is 0. The first-order valence-corrected chi connectivity index (χ1v) is 1.67. The van der Waals surface area contributed by atoms with Crippen molar-refractivity contribution in [3.63, 3.8) is 0 Å². The number of halogens is 1. The lowest BCUT2D eigenvalue weighted by molar-refractivity contribution is -0.107. The van der Waals surface area contributed by atoms with Crippen LogP contribution in [0.2, 0.25) is 0 Å². The van der Waals surface area contributed by atoms with Gasteiger partial charge in [0.25, 0.3) is 0 Å². The molecule has 4 heteroatoms. The Balaban J connectivity index is 0. The predicted molar refractivity (Wildman–Crippen MR) is 24.5 cm³/mol. The quantitative estimate of drug-likeness (QED) is 0.293. The Labute approximate surface area is 46.0 Å². The van der Waals surface area contributed by atoms with Crippen LogP contribution in [0.25, 0.3) is 0 Å². The van der Waals surface area contributed by atoms with Gasteiger partial charge in [0.1, 0.15) is 0 Å². The van der Waals surface area contributed by atoms with Crippen molar-refractivity contribution in [1.82, 2.24) is 0 Å². The van der Waals surface area contributed by atoms with Gasteiger partial charge in [-0.15, -0.1) is 0 Å². The molecule has 0 amide bonds. The minimum absolute atomic E-state index is 0.509. The van der Waals surface area contributed by atoms with Gasteiger partial charge in [-0.05, 0) is 17.7 Å². The second-order valence-corrected chi connectivity index (χ2v) is 0.881. The van der Waals surface area contributed by atoms with Crippen LogP contribution in [0.1, 0.15) is 0 Å². The Bertz CT molecular complexity index is 88.2. The van der Waals surface area contributed by atoms with Gasteiger partial charge in [0.05, 0.1) is 0 Å². The van der Waals surface area contributed by atoms with Crippen molar-refractivity contribution in [2.24, 2.45) is 0 Å². The summed E-state index contributed by atoms with van der Waals surface area (Å²) in [6.45, 7) is 3.08. The summed E-state index contributed by atoms with van der Waals surface area (Å²) in [4.78, 5) is 9.46. The molecule has 0 spiro atoms. The molecule has 0 aliphatic rings. The predicted octanol–water partition coefficient (Wildman–Crippen LogP) is 0.968. The molecule has 0 aromatic carbocycles. The van der Waals surface area contributed by atoms with E-state index in [0.717, 1.165) is 6.08 Å². The Morgan fingerprint density at radius 2 is 1.86 bits per heavy atom. The molecule has 38 valence electrons. The molecule has 0 aromatic rings. The third kappa shape index (κ3) is 39.7. The maximum Gasteiger partial charge on any atom is 0.244 e. The molecule has 0 rings (SSSR count). The van der Waals surface area contributed by atoms with Crippen LogP contribution in [0, 0.1) is 10.8 Å². The first kappa shape index (κ1) is 9.45. The van der Waals surface area contributed by atoms with Crippen LogP contribution in [0.5, 0.6) is 0 Å². The van der Waals surface area contributed by atoms with Gasteiger partial charge >= 0.3 is 0 Å². The monoisotopic (exact) mass is 118 g/mol. The minimum Gasteiger partial charge on any atom is -0.276 e. The Hall–Kier alpha value is -0.880. The average molecular weight is 119 g/mol. The van der Waals surface area contributed by atoms with Crippen LogP contribution in [-0.2, 0) is 4.79 Å². The molecule has 0 bridgehead atoms. The van der Waals surface area contributed by atoms with E-state index in [1.54, 1.807) is 0 Å². The molecule has 0 N–H and O–H groups in total. The highest BCUT2D eigenvalue weighted by Gasteiger charge is 1.74. The highest BCUT2D eigenvalue weighted by atomic mass is 35.5. The van der Waals surface area contributed by atoms with E-state index in [1.807, 2.05) is 0 Å². The van der Waals surface area contributed by atoms with Gasteiger partial charge in [-0.3, -0.25) is 4.79 Å². The fourth-order valence-corrected chi connectivity index (χ4v) is 0. The Morgan fingerprint density at radius 1 is 1.71 bits per heavy atom. The van der Waals surface area contributed by atoms with Gasteiger partial charge in [-0.2, -0.15) is 0 Å². The first-order valence-electron chi connectivity index (χ1n) is 1.29. The summed E-state index contributed by atoms with van der Waals surface area (Å²) in [6, 6.07) is 0. The van der Waals surface area contributed by atoms with E-state index in [9.17, 15) is 4.79 Å². The van der Waals surface area contributed by atoms with Crippen molar-refractivity contribution in [3.05, 3.63) is 12.7 Å². The van der Waals surface area contributed by atoms with E-state index < -0.39 is 5.24 Å². The van der Waals surface area contributed by atoms with Gasteiger partial charge in [0.2, 0.25) is 5.24 Å². The van der Waals surface area contributed by atoms with E-state index in [-0.39, 0.29) is 0 Å². The van der Waals surface area contributed by atoms with Crippen molar-refractivity contribution in [1.29, 1.82) is 10.8 Å². The highest BCUT2D eigenvalue weighted by Crippen LogP contribution is 1.74. The molecular formula is C3H3ClN2O. The zero-order valence-electron chi connectivity index (χ0n) is 3.47. The summed E-state index contributed by atoms with van der Waals surface area (Å²) in [5, 5.41) is 11.5. The number of rotatable bonds is 1. The first-order chi connectivity index (χ1) is 3.27. The van der Waals surface area contributed by atoms with E-state index in [1.165, 1.54) is 0 Å². The maximum absolute atomic E-state index is 9.46. The summed E-state index contributed by atoms with van der Waals surface area (Å²) < 4.78 is 0. The third-order valence-corrected chi connectivity index (χ3v) is 0.315. The van der Waals surface area contributed by atoms with Gasteiger partial charge in [-0.1, -0.05) is 6.58 Å². The molecule has 0 radical (unpaired) electrons. The fourth-order valence-electron chi connectivity index (χ4n) is 0. The molecule has 0 heterocycles. The Morgan fingerprint density at radius 3 is 1.86 bits per heavy atom. The third-order valence-electron chi connectivity index (χ3n) is 0.160. The highest BCUT2D eigenvalue weighted by molar-refractivity contribution is 6.66. The SMILES string of the molecule is C=CC(=O)Cl.N#N. The van der Waals surface area contributed by atoms with Crippen molar-refractivity contribution in [2.45, 2.75) is 0 Å². The number of hydrogen-bond acceptors (Lipinski definition) is 3. The van der Waals surface area contributed by atoms with Gasteiger partial charge in [-0.25, -0.2) is 0 Å². The van der Waals surface area contributed by atoms with Crippen LogP contribution in [-0.4, -0.2) is 5.24 Å². The number of allylic oxidation sites excluding steroid dienone is 1. The number of nitrogens with zero attached hydrogens (tertiary/aromatic N) is 2. The smallest absolute Gasteiger partial charge is 0.244 e. The Kier molecular flexibility index (Phi) is 12.1. The van der Waals surface area contributed by atoms with Crippen LogP contribution >= 0.6 is 11.6 Å². The standard InChI is InChI=1S/C3H3ClO.N2/c1-2-3(4)5;1-2/h2H,1H2;. The van der Waals surface area contributed by atoms with Crippen molar-refractivity contribution >= 4 is 16.8 Å². The normalized spacial score (nSPS) is 5.00. The lowest BCUT2D eigenvalue weighted by Crippen LogP contribution is -1.67. The van der Waals surface area contributed by atoms with Crippen molar-refractivity contribution < 1.29 is 4.79 Å². The van der Waals surface area contributed by atoms with Crippen molar-refractivity contribution in [2.75, 3.05) is 0 Å². The van der Waals surface area contributed by atoms with E-state index >= 15 is 0 Å². The second kappa shape index (κ2) is 8.93. The zero-order chi connectivity index (χ0) is 6.28. The molecule has 0 aliphatic carbocycles. The lowest BCUT2D eigenvalue weighted by atomic mass is 10.7. The summed E-state index contributed by atoms with van der Waals surface area (Å²) in [7, 11) is 0. The lowest BCUT2D eigenvalue weighted by Gasteiger charge is -1.59. The largest absolute Gasteiger partial charge is 0.276 e. The van der Waals surface area contributed by atoms with E-state index in [2.05, 4.69) is 6.58 Å². The van der Waals surface area contributed by atoms with E-state index in [4.69, 9.17) is 22.4 Å². The topological polar surface area (TPSA) is 64.7 Å². The summed E-state index contributed by atoms with van der Waals surface area (Å²) in [6.07, 6.45) is 1.04. The maximum atomic E-state index is 9.46. The van der Waals surface area contributed by atoms with E-state index in [0.29, 0.717) is 0 Å². The van der Waals surface area contributed by atoms with Crippen molar-refractivity contribution in [3.8, 4) is 0 Å². The van der Waals surface area contributed by atoms with Crippen LogP contribution in [0.4, 0.5) is 0 Å². The summed E-state index contributed by atoms with van der Waals surface area (Å²) in [5.74, 6) is 0. The zero-order valence-corrected chi connectivity index (χ0v) is 4.22. The summed E-state index contributed by atoms with van der Waals surface area (Å²) in [5.41, 5.74) is 0. The van der Waals surface area contributed by atoms with Crippen LogP contribution in [0.3, 0.4) is 0 Å². The summed E-state index contributed by atoms with van der Waals surface area (Å²) >= 11 is 4.71. The molecule has 0 fully saturated rings. The molecule has 0 atom stereocenters. The minimum atomic E-state index is -0.509. The molecule has 0 saturated heterocycles. The fraction of sp³-hybridized carbons (Fsp3) is 0. The van der Waals surface area contributed by atoms with Gasteiger partial charge < -0.3 is 0 Å². The van der Waals surface area contributed by atoms with Gasteiger partial charge in [0, 0.05) is 10.8 Å². The molecule has 7 heavy (non-hydrogen) atoms. The molecule has 0 aliphatic heterocycles. The number of carbonyl (C=O) groups is 1.